The Morgan fingerprint density at radius 1 is 1.00 bits per heavy atom. The van der Waals surface area contributed by atoms with E-state index in [1.54, 1.807) is 28.4 Å². The molecule has 6 nitrogen and oxygen atoms in total. The number of Topliss-reactive ketones (excluding diaryl/α,β-unsaturated/α-hetero) is 1. The highest BCUT2D eigenvalue weighted by Crippen LogP contribution is 2.58. The average Bonchev–Trinajstić information content (AvgIpc) is 3.21. The minimum atomic E-state index is -0.178. The molecule has 1 saturated carbocycles. The normalized spacial score (nSPS) is 22.4. The topological polar surface area (TPSA) is 57.2 Å². The molecule has 0 spiro atoms. The van der Waals surface area contributed by atoms with Crippen LogP contribution in [0.5, 0.6) is 17.2 Å². The zero-order valence-electron chi connectivity index (χ0n) is 17.3. The van der Waals surface area contributed by atoms with Crippen molar-refractivity contribution >= 4 is 11.5 Å². The summed E-state index contributed by atoms with van der Waals surface area (Å²) in [6, 6.07) is 12.3. The van der Waals surface area contributed by atoms with E-state index in [0.29, 0.717) is 36.8 Å². The number of nitrogens with zero attached hydrogens (tertiary/aromatic N) is 1. The van der Waals surface area contributed by atoms with E-state index >= 15 is 0 Å². The summed E-state index contributed by atoms with van der Waals surface area (Å²) in [5.41, 5.74) is 3.24. The van der Waals surface area contributed by atoms with E-state index in [1.807, 2.05) is 24.3 Å². The minimum absolute atomic E-state index is 0.0170. The molecule has 2 aromatic carbocycles. The van der Waals surface area contributed by atoms with Crippen LogP contribution in [0, 0.1) is 5.92 Å². The summed E-state index contributed by atoms with van der Waals surface area (Å²) in [6.45, 7) is 1.11. The molecule has 0 aromatic heterocycles. The summed E-state index contributed by atoms with van der Waals surface area (Å²) < 4.78 is 22.4. The smallest absolute Gasteiger partial charge is 0.203 e. The summed E-state index contributed by atoms with van der Waals surface area (Å²) >= 11 is 0. The van der Waals surface area contributed by atoms with Crippen molar-refractivity contribution in [2.45, 2.75) is 24.9 Å². The maximum Gasteiger partial charge on any atom is 0.203 e. The zero-order valence-corrected chi connectivity index (χ0v) is 17.3. The molecule has 1 aliphatic heterocycles. The maximum absolute atomic E-state index is 12.9. The molecule has 1 heterocycles. The van der Waals surface area contributed by atoms with E-state index in [9.17, 15) is 4.79 Å². The first-order valence-electron chi connectivity index (χ1n) is 9.79. The Kier molecular flexibility index (Phi) is 5.37. The van der Waals surface area contributed by atoms with Crippen LogP contribution >= 0.6 is 0 Å². The number of ether oxygens (including phenoxy) is 4. The molecule has 154 valence electrons. The number of methoxy groups -OCH3 is 4. The molecule has 0 N–H and O–H groups in total. The van der Waals surface area contributed by atoms with Gasteiger partial charge in [0.25, 0.3) is 0 Å². The van der Waals surface area contributed by atoms with Crippen LogP contribution in [0.25, 0.3) is 0 Å². The van der Waals surface area contributed by atoms with E-state index in [4.69, 9.17) is 18.9 Å². The van der Waals surface area contributed by atoms with Gasteiger partial charge in [-0.25, -0.2) is 0 Å². The van der Waals surface area contributed by atoms with Crippen molar-refractivity contribution in [3.8, 4) is 17.2 Å². The van der Waals surface area contributed by atoms with Gasteiger partial charge in [0.2, 0.25) is 5.75 Å². The minimum Gasteiger partial charge on any atom is -0.493 e. The second kappa shape index (κ2) is 7.95. The maximum atomic E-state index is 12.9. The average molecular weight is 397 g/mol. The molecule has 0 unspecified atom stereocenters. The van der Waals surface area contributed by atoms with E-state index in [-0.39, 0.29) is 23.7 Å². The van der Waals surface area contributed by atoms with Gasteiger partial charge < -0.3 is 23.8 Å². The third kappa shape index (κ3) is 3.12. The molecular formula is C23H27NO5. The summed E-state index contributed by atoms with van der Waals surface area (Å²) in [7, 11) is 6.51. The molecule has 1 fully saturated rings. The van der Waals surface area contributed by atoms with Crippen molar-refractivity contribution in [2.24, 2.45) is 5.92 Å². The van der Waals surface area contributed by atoms with Crippen LogP contribution in [0.4, 0.5) is 5.69 Å². The predicted molar refractivity (Wildman–Crippen MR) is 110 cm³/mol. The van der Waals surface area contributed by atoms with Gasteiger partial charge in [-0.1, -0.05) is 30.3 Å². The number of ketones is 1. The summed E-state index contributed by atoms with van der Waals surface area (Å²) in [4.78, 5) is 15.2. The summed E-state index contributed by atoms with van der Waals surface area (Å²) in [5, 5.41) is 0. The number of fused-ring (bicyclic) bond motifs is 3. The molecule has 0 amide bonds. The van der Waals surface area contributed by atoms with Gasteiger partial charge in [-0.2, -0.15) is 0 Å². The highest BCUT2D eigenvalue weighted by atomic mass is 16.5. The van der Waals surface area contributed by atoms with E-state index in [2.05, 4.69) is 17.0 Å². The Labute approximate surface area is 171 Å². The molecule has 0 radical (unpaired) electrons. The van der Waals surface area contributed by atoms with Crippen molar-refractivity contribution in [3.63, 3.8) is 0 Å². The number of benzene rings is 2. The van der Waals surface area contributed by atoms with Crippen molar-refractivity contribution in [1.82, 2.24) is 0 Å². The number of anilines is 1. The highest BCUT2D eigenvalue weighted by Gasteiger charge is 2.53. The Hall–Kier alpha value is -2.73. The standard InChI is InChI=1S/C23H27NO5/c1-26-13-16-18(25)10-15-20-17(11-19(27-2)22(28-3)23(20)29-4)24(21(15)16)12-14-8-6-5-7-9-14/h5-9,11,15-16,21H,10,12-13H2,1-4H3/t15-,16+,21+/m1/s1. The zero-order chi connectivity index (χ0) is 20.5. The Morgan fingerprint density at radius 3 is 2.34 bits per heavy atom. The Morgan fingerprint density at radius 2 is 1.72 bits per heavy atom. The molecule has 2 aliphatic rings. The molecule has 0 saturated heterocycles. The van der Waals surface area contributed by atoms with Crippen LogP contribution in [0.3, 0.4) is 0 Å². The number of rotatable bonds is 7. The van der Waals surface area contributed by atoms with Gasteiger partial charge in [0.1, 0.15) is 5.78 Å². The van der Waals surface area contributed by atoms with Gasteiger partial charge in [-0.15, -0.1) is 0 Å². The van der Waals surface area contributed by atoms with Crippen LogP contribution < -0.4 is 19.1 Å². The lowest BCUT2D eigenvalue weighted by atomic mass is 9.94. The van der Waals surface area contributed by atoms with Gasteiger partial charge in [0, 0.05) is 49.4 Å². The van der Waals surface area contributed by atoms with Crippen LogP contribution in [0.2, 0.25) is 0 Å². The van der Waals surface area contributed by atoms with Crippen molar-refractivity contribution in [3.05, 3.63) is 47.5 Å². The van der Waals surface area contributed by atoms with Crippen molar-refractivity contribution in [2.75, 3.05) is 39.9 Å². The van der Waals surface area contributed by atoms with Crippen LogP contribution in [0.1, 0.15) is 23.5 Å². The second-order valence-electron chi connectivity index (χ2n) is 7.52. The Bertz CT molecular complexity index is 898. The summed E-state index contributed by atoms with van der Waals surface area (Å²) in [5.74, 6) is 1.94. The van der Waals surface area contributed by atoms with Crippen molar-refractivity contribution < 1.29 is 23.7 Å². The van der Waals surface area contributed by atoms with E-state index in [1.165, 1.54) is 5.56 Å². The number of carbonyl (C=O) groups excluding carboxylic acids is 1. The highest BCUT2D eigenvalue weighted by molar-refractivity contribution is 5.90. The third-order valence-electron chi connectivity index (χ3n) is 6.09. The Balaban J connectivity index is 1.88. The van der Waals surface area contributed by atoms with Gasteiger partial charge in [0.15, 0.2) is 11.5 Å². The van der Waals surface area contributed by atoms with Crippen LogP contribution in [-0.4, -0.2) is 46.9 Å². The van der Waals surface area contributed by atoms with Gasteiger partial charge in [-0.3, -0.25) is 4.79 Å². The van der Waals surface area contributed by atoms with Gasteiger partial charge in [0.05, 0.1) is 33.9 Å². The molecule has 1 aliphatic carbocycles. The van der Waals surface area contributed by atoms with Crippen LogP contribution in [0.15, 0.2) is 36.4 Å². The van der Waals surface area contributed by atoms with E-state index in [0.717, 1.165) is 11.3 Å². The fourth-order valence-electron chi connectivity index (χ4n) is 4.93. The monoisotopic (exact) mass is 397 g/mol. The number of carbonyl (C=O) groups is 1. The molecule has 2 aromatic rings. The molecule has 4 rings (SSSR count). The molecule has 29 heavy (non-hydrogen) atoms. The van der Waals surface area contributed by atoms with Gasteiger partial charge in [-0.05, 0) is 5.56 Å². The van der Waals surface area contributed by atoms with Crippen molar-refractivity contribution in [1.29, 1.82) is 0 Å². The fourth-order valence-corrected chi connectivity index (χ4v) is 4.93. The molecular weight excluding hydrogens is 370 g/mol. The first kappa shape index (κ1) is 19.6. The molecule has 6 heteroatoms. The molecule has 3 atom stereocenters. The lowest BCUT2D eigenvalue weighted by Crippen LogP contribution is -2.39. The lowest BCUT2D eigenvalue weighted by molar-refractivity contribution is -0.122. The predicted octanol–water partition coefficient (Wildman–Crippen LogP) is 3.42. The fraction of sp³-hybridized carbons (Fsp3) is 0.435. The quantitative estimate of drug-likeness (QED) is 0.714. The van der Waals surface area contributed by atoms with E-state index < -0.39 is 0 Å². The first-order chi connectivity index (χ1) is 14.1. The lowest BCUT2D eigenvalue weighted by Gasteiger charge is -2.31. The third-order valence-corrected chi connectivity index (χ3v) is 6.09. The van der Waals surface area contributed by atoms with Gasteiger partial charge >= 0.3 is 0 Å². The van der Waals surface area contributed by atoms with Crippen LogP contribution in [-0.2, 0) is 16.1 Å². The first-order valence-corrected chi connectivity index (χ1v) is 9.79. The number of hydrogen-bond acceptors (Lipinski definition) is 6. The summed E-state index contributed by atoms with van der Waals surface area (Å²) in [6.07, 6.45) is 0.475. The number of hydrogen-bond donors (Lipinski definition) is 0. The second-order valence-corrected chi connectivity index (χ2v) is 7.52. The molecule has 0 bridgehead atoms. The SMILES string of the molecule is COC[C@H]1C(=O)C[C@@H]2c3c(cc(OC)c(OC)c3OC)N(Cc3ccccc3)[C@@H]21. The largest absolute Gasteiger partial charge is 0.493 e.